The molecule has 26 heavy (non-hydrogen) atoms. The van der Waals surface area contributed by atoms with Gasteiger partial charge in [0.25, 0.3) is 0 Å². The number of hydrogen-bond donors (Lipinski definition) is 2. The summed E-state index contributed by atoms with van der Waals surface area (Å²) in [6.07, 6.45) is 0. The normalized spacial score (nSPS) is 10.7. The molecule has 0 spiro atoms. The predicted octanol–water partition coefficient (Wildman–Crippen LogP) is 3.77. The van der Waals surface area contributed by atoms with Gasteiger partial charge in [-0.3, -0.25) is 4.79 Å². The van der Waals surface area contributed by atoms with Gasteiger partial charge in [-0.15, -0.1) is 10.2 Å². The fourth-order valence-corrected chi connectivity index (χ4v) is 3.92. The average molecular weight is 432 g/mol. The number of thioether (sulfide) groups is 1. The first-order chi connectivity index (χ1) is 12.5. The van der Waals surface area contributed by atoms with Gasteiger partial charge < -0.3 is 11.2 Å². The smallest absolute Gasteiger partial charge is 0.234 e. The Morgan fingerprint density at radius 3 is 2.50 bits per heavy atom. The van der Waals surface area contributed by atoms with Crippen LogP contribution in [0.2, 0.25) is 0 Å². The number of hydrogen-bond acceptors (Lipinski definition) is 5. The van der Waals surface area contributed by atoms with Gasteiger partial charge in [0, 0.05) is 15.7 Å². The number of anilines is 1. The molecule has 1 aromatic heterocycles. The molecular weight excluding hydrogens is 414 g/mol. The van der Waals surface area contributed by atoms with Crippen LogP contribution >= 0.6 is 27.7 Å². The van der Waals surface area contributed by atoms with E-state index < -0.39 is 0 Å². The van der Waals surface area contributed by atoms with E-state index >= 15 is 0 Å². The Morgan fingerprint density at radius 1 is 1.19 bits per heavy atom. The van der Waals surface area contributed by atoms with E-state index in [1.54, 1.807) is 0 Å². The SMILES string of the molecule is Cc1cc(Br)cc(C)c1NC(=O)CSc1nnc(-c2ccccc2)n1N. The molecule has 0 fully saturated rings. The van der Waals surface area contributed by atoms with Crippen molar-refractivity contribution in [2.45, 2.75) is 19.0 Å². The summed E-state index contributed by atoms with van der Waals surface area (Å²) in [4.78, 5) is 12.3. The molecule has 3 N–H and O–H groups in total. The second-order valence-corrected chi connectivity index (χ2v) is 7.65. The monoisotopic (exact) mass is 431 g/mol. The van der Waals surface area contributed by atoms with Crippen molar-refractivity contribution < 1.29 is 4.79 Å². The molecule has 0 saturated heterocycles. The lowest BCUT2D eigenvalue weighted by atomic mass is 10.1. The molecule has 6 nitrogen and oxygen atoms in total. The van der Waals surface area contributed by atoms with Crippen molar-refractivity contribution in [2.24, 2.45) is 0 Å². The molecule has 1 heterocycles. The number of amides is 1. The van der Waals surface area contributed by atoms with Crippen molar-refractivity contribution >= 4 is 39.3 Å². The van der Waals surface area contributed by atoms with Crippen molar-refractivity contribution in [3.05, 3.63) is 58.1 Å². The standard InChI is InChI=1S/C18H18BrN5OS/c1-11-8-14(19)9-12(2)16(11)21-15(25)10-26-18-23-22-17(24(18)20)13-6-4-3-5-7-13/h3-9H,10,20H2,1-2H3,(H,21,25). The molecule has 3 aromatic rings. The fourth-order valence-electron chi connectivity index (χ4n) is 2.57. The molecule has 134 valence electrons. The molecule has 8 heteroatoms. The zero-order chi connectivity index (χ0) is 18.7. The number of halogens is 1. The number of nitrogens with zero attached hydrogens (tertiary/aromatic N) is 3. The molecule has 0 unspecified atom stereocenters. The first-order valence-electron chi connectivity index (χ1n) is 7.91. The highest BCUT2D eigenvalue weighted by Crippen LogP contribution is 2.26. The molecule has 0 saturated carbocycles. The third-order valence-electron chi connectivity index (χ3n) is 3.79. The largest absolute Gasteiger partial charge is 0.335 e. The minimum absolute atomic E-state index is 0.118. The molecule has 0 aliphatic heterocycles. The molecular formula is C18H18BrN5OS. The summed E-state index contributed by atoms with van der Waals surface area (Å²) in [5, 5.41) is 11.6. The summed E-state index contributed by atoms with van der Waals surface area (Å²) in [6.45, 7) is 3.92. The van der Waals surface area contributed by atoms with E-state index in [1.165, 1.54) is 16.4 Å². The number of rotatable bonds is 5. The number of carbonyl (C=O) groups excluding carboxylic acids is 1. The second kappa shape index (κ2) is 7.92. The number of benzene rings is 2. The summed E-state index contributed by atoms with van der Waals surface area (Å²) in [5.74, 6) is 6.71. The highest BCUT2D eigenvalue weighted by molar-refractivity contribution is 9.10. The summed E-state index contributed by atoms with van der Waals surface area (Å²) in [7, 11) is 0. The number of nitrogens with one attached hydrogen (secondary N) is 1. The van der Waals surface area contributed by atoms with E-state index in [-0.39, 0.29) is 11.7 Å². The van der Waals surface area contributed by atoms with Gasteiger partial charge in [-0.2, -0.15) is 0 Å². The molecule has 0 aliphatic carbocycles. The summed E-state index contributed by atoms with van der Waals surface area (Å²) in [6, 6.07) is 13.5. The highest BCUT2D eigenvalue weighted by atomic mass is 79.9. The van der Waals surface area contributed by atoms with Crippen LogP contribution < -0.4 is 11.2 Å². The Bertz CT molecular complexity index is 919. The number of nitrogens with two attached hydrogens (primary N) is 1. The van der Waals surface area contributed by atoms with Crippen molar-refractivity contribution in [2.75, 3.05) is 16.9 Å². The molecule has 1 amide bonds. The van der Waals surface area contributed by atoms with Gasteiger partial charge in [-0.1, -0.05) is 58.0 Å². The second-order valence-electron chi connectivity index (χ2n) is 5.79. The van der Waals surface area contributed by atoms with Gasteiger partial charge >= 0.3 is 0 Å². The van der Waals surface area contributed by atoms with E-state index in [2.05, 4.69) is 31.4 Å². The lowest BCUT2D eigenvalue weighted by Gasteiger charge is -2.12. The van der Waals surface area contributed by atoms with Crippen LogP contribution in [0.4, 0.5) is 5.69 Å². The van der Waals surface area contributed by atoms with Crippen molar-refractivity contribution in [1.29, 1.82) is 0 Å². The van der Waals surface area contributed by atoms with Gasteiger partial charge in [-0.05, 0) is 37.1 Å². The first kappa shape index (κ1) is 18.5. The number of carbonyl (C=O) groups is 1. The van der Waals surface area contributed by atoms with Crippen LogP contribution in [0.25, 0.3) is 11.4 Å². The Kier molecular flexibility index (Phi) is 5.63. The topological polar surface area (TPSA) is 85.8 Å². The Morgan fingerprint density at radius 2 is 1.85 bits per heavy atom. The van der Waals surface area contributed by atoms with E-state index in [1.807, 2.05) is 56.3 Å². The molecule has 3 rings (SSSR count). The quantitative estimate of drug-likeness (QED) is 0.474. The highest BCUT2D eigenvalue weighted by Gasteiger charge is 2.14. The van der Waals surface area contributed by atoms with E-state index in [0.717, 1.165) is 26.9 Å². The lowest BCUT2D eigenvalue weighted by Crippen LogP contribution is -2.17. The fraction of sp³-hybridized carbons (Fsp3) is 0.167. The van der Waals surface area contributed by atoms with Crippen LogP contribution in [0.15, 0.2) is 52.1 Å². The Labute approximate surface area is 164 Å². The molecule has 0 bridgehead atoms. The molecule has 0 aliphatic rings. The first-order valence-corrected chi connectivity index (χ1v) is 9.69. The van der Waals surface area contributed by atoms with Crippen LogP contribution in [-0.2, 0) is 4.79 Å². The van der Waals surface area contributed by atoms with Gasteiger partial charge in [0.15, 0.2) is 5.82 Å². The summed E-state index contributed by atoms with van der Waals surface area (Å²) in [5.41, 5.74) is 3.71. The van der Waals surface area contributed by atoms with Gasteiger partial charge in [0.2, 0.25) is 11.1 Å². The van der Waals surface area contributed by atoms with E-state index in [4.69, 9.17) is 5.84 Å². The van der Waals surface area contributed by atoms with E-state index in [9.17, 15) is 4.79 Å². The zero-order valence-corrected chi connectivity index (χ0v) is 16.8. The third kappa shape index (κ3) is 4.08. The Hall–Kier alpha value is -2.32. The van der Waals surface area contributed by atoms with Crippen LogP contribution in [-0.4, -0.2) is 26.5 Å². The average Bonchev–Trinajstić information content (AvgIpc) is 2.98. The van der Waals surface area contributed by atoms with Crippen LogP contribution in [0.5, 0.6) is 0 Å². The van der Waals surface area contributed by atoms with Gasteiger partial charge in [0.1, 0.15) is 0 Å². The molecule has 0 radical (unpaired) electrons. The van der Waals surface area contributed by atoms with Crippen LogP contribution in [0.1, 0.15) is 11.1 Å². The van der Waals surface area contributed by atoms with Crippen LogP contribution in [0.3, 0.4) is 0 Å². The minimum atomic E-state index is -0.118. The van der Waals surface area contributed by atoms with Crippen LogP contribution in [0, 0.1) is 13.8 Å². The van der Waals surface area contributed by atoms with Crippen molar-refractivity contribution in [3.63, 3.8) is 0 Å². The zero-order valence-electron chi connectivity index (χ0n) is 14.4. The molecule has 2 aromatic carbocycles. The third-order valence-corrected chi connectivity index (χ3v) is 5.19. The number of nitrogen functional groups attached to an aromatic ring is 1. The molecule has 0 atom stereocenters. The maximum Gasteiger partial charge on any atom is 0.234 e. The van der Waals surface area contributed by atoms with E-state index in [0.29, 0.717) is 11.0 Å². The van der Waals surface area contributed by atoms with Gasteiger partial charge in [0.05, 0.1) is 5.75 Å². The maximum atomic E-state index is 12.3. The number of aromatic nitrogens is 3. The lowest BCUT2D eigenvalue weighted by molar-refractivity contribution is -0.113. The predicted molar refractivity (Wildman–Crippen MR) is 109 cm³/mol. The Balaban J connectivity index is 1.67. The van der Waals surface area contributed by atoms with Gasteiger partial charge in [-0.25, -0.2) is 4.68 Å². The minimum Gasteiger partial charge on any atom is -0.335 e. The maximum absolute atomic E-state index is 12.3. The summed E-state index contributed by atoms with van der Waals surface area (Å²) >= 11 is 4.70. The summed E-state index contributed by atoms with van der Waals surface area (Å²) < 4.78 is 2.40. The van der Waals surface area contributed by atoms with Crippen molar-refractivity contribution in [1.82, 2.24) is 14.9 Å². The van der Waals surface area contributed by atoms with Crippen molar-refractivity contribution in [3.8, 4) is 11.4 Å². The number of aryl methyl sites for hydroxylation is 2.